The van der Waals surface area contributed by atoms with Crippen molar-refractivity contribution in [2.75, 3.05) is 7.11 Å². The maximum Gasteiger partial charge on any atom is 0.327 e. The number of halogens is 2. The predicted molar refractivity (Wildman–Crippen MR) is 66.1 cm³/mol. The van der Waals surface area contributed by atoms with E-state index in [0.717, 1.165) is 11.3 Å². The van der Waals surface area contributed by atoms with E-state index in [2.05, 4.69) is 9.84 Å². The summed E-state index contributed by atoms with van der Waals surface area (Å²) in [5.74, 6) is -0.313. The molecule has 0 aromatic carbocycles. The van der Waals surface area contributed by atoms with Gasteiger partial charge in [-0.05, 0) is 13.8 Å². The Balaban J connectivity index is 0. The second kappa shape index (κ2) is 7.49. The fraction of sp³-hybridized carbons (Fsp3) is 0.556. The van der Waals surface area contributed by atoms with Crippen molar-refractivity contribution in [3.05, 3.63) is 17.5 Å². The van der Waals surface area contributed by atoms with Gasteiger partial charge in [0.15, 0.2) is 0 Å². The molecule has 1 atom stereocenters. The third-order valence-electron chi connectivity index (χ3n) is 2.14. The Bertz CT molecular complexity index is 339. The maximum atomic E-state index is 11.0. The Morgan fingerprint density at radius 3 is 2.56 bits per heavy atom. The summed E-state index contributed by atoms with van der Waals surface area (Å²) >= 11 is 0. The van der Waals surface area contributed by atoms with E-state index in [1.807, 2.05) is 13.8 Å². The molecule has 0 spiro atoms. The van der Waals surface area contributed by atoms with Crippen LogP contribution in [0.3, 0.4) is 0 Å². The number of nitrogens with two attached hydrogens (primary N) is 1. The maximum absolute atomic E-state index is 11.0. The average molecular weight is 270 g/mol. The summed E-state index contributed by atoms with van der Waals surface area (Å²) in [7, 11) is 1.35. The fourth-order valence-corrected chi connectivity index (χ4v) is 1.25. The van der Waals surface area contributed by atoms with Crippen molar-refractivity contribution in [1.29, 1.82) is 0 Å². The van der Waals surface area contributed by atoms with Crippen molar-refractivity contribution in [2.24, 2.45) is 5.73 Å². The number of rotatable bonds is 3. The first-order valence-electron chi connectivity index (χ1n) is 4.41. The van der Waals surface area contributed by atoms with Crippen LogP contribution in [0.15, 0.2) is 6.20 Å². The number of carbonyl (C=O) groups excluding carboxylic acids is 1. The van der Waals surface area contributed by atoms with E-state index >= 15 is 0 Å². The second-order valence-corrected chi connectivity index (χ2v) is 3.21. The lowest BCUT2D eigenvalue weighted by Gasteiger charge is -2.05. The monoisotopic (exact) mass is 269 g/mol. The minimum absolute atomic E-state index is 0. The van der Waals surface area contributed by atoms with Gasteiger partial charge in [-0.25, -0.2) is 0 Å². The lowest BCUT2D eigenvalue weighted by molar-refractivity contribution is -0.141. The number of carbonyl (C=O) groups is 1. The zero-order valence-corrected chi connectivity index (χ0v) is 11.1. The molecule has 1 rings (SSSR count). The third-order valence-corrected chi connectivity index (χ3v) is 2.14. The molecule has 0 radical (unpaired) electrons. The van der Waals surface area contributed by atoms with Crippen LogP contribution in [0.1, 0.15) is 24.2 Å². The third kappa shape index (κ3) is 4.00. The van der Waals surface area contributed by atoms with Crippen LogP contribution in [-0.2, 0) is 16.1 Å². The Labute approximate surface area is 107 Å². The number of ether oxygens (including phenoxy) is 1. The molecule has 0 aliphatic carbocycles. The lowest BCUT2D eigenvalue weighted by Crippen LogP contribution is -2.14. The van der Waals surface area contributed by atoms with Crippen LogP contribution < -0.4 is 5.73 Å². The largest absolute Gasteiger partial charge is 0.468 e. The highest BCUT2D eigenvalue weighted by Gasteiger charge is 2.11. The first-order valence-corrected chi connectivity index (χ1v) is 4.41. The van der Waals surface area contributed by atoms with Gasteiger partial charge in [0.2, 0.25) is 0 Å². The minimum Gasteiger partial charge on any atom is -0.468 e. The number of methoxy groups -OCH3 is 1. The fourth-order valence-electron chi connectivity index (χ4n) is 1.25. The molecule has 1 unspecified atom stereocenters. The van der Waals surface area contributed by atoms with Gasteiger partial charge in [-0.3, -0.25) is 9.48 Å². The van der Waals surface area contributed by atoms with Gasteiger partial charge in [-0.1, -0.05) is 0 Å². The van der Waals surface area contributed by atoms with Crippen LogP contribution in [0.25, 0.3) is 0 Å². The van der Waals surface area contributed by atoms with E-state index < -0.39 is 0 Å². The predicted octanol–water partition coefficient (Wildman–Crippen LogP) is 1.23. The van der Waals surface area contributed by atoms with Gasteiger partial charge in [-0.2, -0.15) is 5.10 Å². The Hall–Kier alpha value is -0.780. The molecule has 16 heavy (non-hydrogen) atoms. The van der Waals surface area contributed by atoms with Crippen LogP contribution in [0.2, 0.25) is 0 Å². The zero-order chi connectivity index (χ0) is 10.7. The van der Waals surface area contributed by atoms with E-state index in [1.165, 1.54) is 7.11 Å². The molecule has 0 amide bonds. The highest BCUT2D eigenvalue weighted by molar-refractivity contribution is 5.85. The number of aromatic nitrogens is 2. The van der Waals surface area contributed by atoms with Gasteiger partial charge in [0.1, 0.15) is 6.54 Å². The number of hydrogen-bond acceptors (Lipinski definition) is 4. The smallest absolute Gasteiger partial charge is 0.327 e. The zero-order valence-electron chi connectivity index (χ0n) is 9.47. The molecule has 1 aromatic rings. The summed E-state index contributed by atoms with van der Waals surface area (Å²) in [6, 6.07) is -0.0682. The summed E-state index contributed by atoms with van der Waals surface area (Å²) in [5.41, 5.74) is 7.58. The van der Waals surface area contributed by atoms with Gasteiger partial charge in [0, 0.05) is 17.3 Å². The van der Waals surface area contributed by atoms with Gasteiger partial charge in [0.05, 0.1) is 13.3 Å². The van der Waals surface area contributed by atoms with E-state index in [9.17, 15) is 4.79 Å². The molecule has 1 aromatic heterocycles. The van der Waals surface area contributed by atoms with E-state index in [1.54, 1.807) is 10.9 Å². The molecule has 0 saturated heterocycles. The first-order chi connectivity index (χ1) is 6.56. The van der Waals surface area contributed by atoms with Gasteiger partial charge < -0.3 is 10.5 Å². The van der Waals surface area contributed by atoms with Crippen molar-refractivity contribution in [1.82, 2.24) is 9.78 Å². The van der Waals surface area contributed by atoms with Crippen molar-refractivity contribution < 1.29 is 9.53 Å². The Morgan fingerprint density at radius 1 is 1.62 bits per heavy atom. The number of esters is 1. The standard InChI is InChI=1S/C9H15N3O2.2ClH/c1-6(10)8-4-11-12(7(8)2)5-9(13)14-3;;/h4,6H,5,10H2,1-3H3;2*1H. The van der Waals surface area contributed by atoms with Crippen molar-refractivity contribution in [3.8, 4) is 0 Å². The van der Waals surface area contributed by atoms with Gasteiger partial charge in [-0.15, -0.1) is 24.8 Å². The minimum atomic E-state index is -0.313. The molecule has 2 N–H and O–H groups in total. The molecular weight excluding hydrogens is 253 g/mol. The van der Waals surface area contributed by atoms with Gasteiger partial charge >= 0.3 is 5.97 Å². The van der Waals surface area contributed by atoms with Crippen molar-refractivity contribution in [3.63, 3.8) is 0 Å². The molecule has 0 fully saturated rings. The molecule has 0 aliphatic rings. The molecule has 5 nitrogen and oxygen atoms in total. The molecule has 7 heteroatoms. The van der Waals surface area contributed by atoms with E-state index in [4.69, 9.17) is 5.73 Å². The molecular formula is C9H17Cl2N3O2. The quantitative estimate of drug-likeness (QED) is 0.838. The summed E-state index contributed by atoms with van der Waals surface area (Å²) in [5, 5.41) is 4.06. The second-order valence-electron chi connectivity index (χ2n) is 3.21. The summed E-state index contributed by atoms with van der Waals surface area (Å²) in [4.78, 5) is 11.0. The molecule has 0 bridgehead atoms. The highest BCUT2D eigenvalue weighted by atomic mass is 35.5. The average Bonchev–Trinajstić information content (AvgIpc) is 2.48. The molecule has 94 valence electrons. The van der Waals surface area contributed by atoms with Crippen molar-refractivity contribution in [2.45, 2.75) is 26.4 Å². The van der Waals surface area contributed by atoms with Crippen LogP contribution >= 0.6 is 24.8 Å². The van der Waals surface area contributed by atoms with E-state index in [-0.39, 0.29) is 43.4 Å². The first kappa shape index (κ1) is 17.6. The van der Waals surface area contributed by atoms with Crippen LogP contribution in [0.5, 0.6) is 0 Å². The summed E-state index contributed by atoms with van der Waals surface area (Å²) < 4.78 is 6.14. The van der Waals surface area contributed by atoms with Crippen LogP contribution in [0, 0.1) is 6.92 Å². The van der Waals surface area contributed by atoms with Gasteiger partial charge in [0.25, 0.3) is 0 Å². The Morgan fingerprint density at radius 2 is 2.19 bits per heavy atom. The number of nitrogens with zero attached hydrogens (tertiary/aromatic N) is 2. The van der Waals surface area contributed by atoms with Crippen molar-refractivity contribution >= 4 is 30.8 Å². The van der Waals surface area contributed by atoms with Crippen LogP contribution in [0.4, 0.5) is 0 Å². The summed E-state index contributed by atoms with van der Waals surface area (Å²) in [6.45, 7) is 3.90. The lowest BCUT2D eigenvalue weighted by atomic mass is 10.1. The van der Waals surface area contributed by atoms with E-state index in [0.29, 0.717) is 0 Å². The number of hydrogen-bond donors (Lipinski definition) is 1. The molecule has 0 aliphatic heterocycles. The topological polar surface area (TPSA) is 70.1 Å². The normalized spacial score (nSPS) is 11.0. The Kier molecular flexibility index (Phi) is 8.24. The summed E-state index contributed by atoms with van der Waals surface area (Å²) in [6.07, 6.45) is 1.68. The highest BCUT2D eigenvalue weighted by Crippen LogP contribution is 2.13. The molecule has 1 heterocycles. The molecule has 0 saturated carbocycles. The van der Waals surface area contributed by atoms with Crippen LogP contribution in [-0.4, -0.2) is 22.9 Å². The SMILES string of the molecule is COC(=O)Cn1ncc(C(C)N)c1C.Cl.Cl.